The molecule has 0 spiro atoms. The summed E-state index contributed by atoms with van der Waals surface area (Å²) in [5, 5.41) is 3.35. The molecule has 70 valence electrons. The van der Waals surface area contributed by atoms with E-state index in [2.05, 4.69) is 22.2 Å². The van der Waals surface area contributed by atoms with E-state index < -0.39 is 0 Å². The number of nitrogens with zero attached hydrogens (tertiary/aromatic N) is 2. The number of aromatic nitrogens is 2. The smallest absolute Gasteiger partial charge is 0.132 e. The van der Waals surface area contributed by atoms with E-state index in [1.807, 2.05) is 6.20 Å². The molecule has 1 N–H and O–H groups in total. The summed E-state index contributed by atoms with van der Waals surface area (Å²) in [5.41, 5.74) is 1.27. The van der Waals surface area contributed by atoms with Gasteiger partial charge in [-0.15, -0.1) is 0 Å². The number of rotatable bonds is 1. The van der Waals surface area contributed by atoms with E-state index in [4.69, 9.17) is 0 Å². The molecule has 0 saturated carbocycles. The predicted molar refractivity (Wildman–Crippen MR) is 52.8 cm³/mol. The van der Waals surface area contributed by atoms with E-state index in [1.165, 1.54) is 18.4 Å². The minimum Gasteiger partial charge on any atom is -0.370 e. The van der Waals surface area contributed by atoms with Crippen LogP contribution in [0, 0.1) is 0 Å². The summed E-state index contributed by atoms with van der Waals surface area (Å²) in [4.78, 5) is 8.77. The third-order valence-corrected chi connectivity index (χ3v) is 2.40. The van der Waals surface area contributed by atoms with Gasteiger partial charge in [-0.1, -0.05) is 6.92 Å². The molecule has 13 heavy (non-hydrogen) atoms. The van der Waals surface area contributed by atoms with E-state index in [9.17, 15) is 0 Å². The zero-order valence-electron chi connectivity index (χ0n) is 8.01. The predicted octanol–water partition coefficient (Wildman–Crippen LogP) is 1.79. The van der Waals surface area contributed by atoms with Gasteiger partial charge in [0.05, 0.1) is 0 Å². The molecule has 1 aliphatic rings. The van der Waals surface area contributed by atoms with Crippen LogP contribution < -0.4 is 5.32 Å². The third kappa shape index (κ3) is 1.79. The van der Waals surface area contributed by atoms with Crippen LogP contribution in [0.1, 0.15) is 31.2 Å². The zero-order chi connectivity index (χ0) is 9.10. The Balaban J connectivity index is 2.32. The quantitative estimate of drug-likeness (QED) is 0.710. The van der Waals surface area contributed by atoms with Crippen molar-refractivity contribution in [3.63, 3.8) is 0 Å². The van der Waals surface area contributed by atoms with Gasteiger partial charge in [-0.2, -0.15) is 0 Å². The molecule has 1 aliphatic heterocycles. The average Bonchev–Trinajstić information content (AvgIpc) is 2.41. The van der Waals surface area contributed by atoms with E-state index in [0.717, 1.165) is 31.0 Å². The largest absolute Gasteiger partial charge is 0.370 e. The normalized spacial score (nSPS) is 15.8. The molecule has 3 heteroatoms. The molecule has 0 fully saturated rings. The van der Waals surface area contributed by atoms with Gasteiger partial charge in [0.25, 0.3) is 0 Å². The minimum absolute atomic E-state index is 0.912. The van der Waals surface area contributed by atoms with Crippen LogP contribution in [0.4, 0.5) is 5.82 Å². The van der Waals surface area contributed by atoms with Gasteiger partial charge in [-0.25, -0.2) is 9.97 Å². The van der Waals surface area contributed by atoms with Gasteiger partial charge in [0.15, 0.2) is 0 Å². The van der Waals surface area contributed by atoms with Gasteiger partial charge in [-0.3, -0.25) is 0 Å². The number of hydrogen-bond acceptors (Lipinski definition) is 3. The lowest BCUT2D eigenvalue weighted by Gasteiger charge is -2.06. The van der Waals surface area contributed by atoms with Crippen molar-refractivity contribution in [1.29, 1.82) is 0 Å². The van der Waals surface area contributed by atoms with Gasteiger partial charge in [0.2, 0.25) is 0 Å². The first-order valence-electron chi connectivity index (χ1n) is 4.99. The molecule has 2 rings (SSSR count). The Morgan fingerprint density at radius 2 is 2.38 bits per heavy atom. The van der Waals surface area contributed by atoms with Crippen molar-refractivity contribution in [3.8, 4) is 0 Å². The number of aryl methyl sites for hydroxylation is 2. The van der Waals surface area contributed by atoms with Crippen LogP contribution >= 0.6 is 0 Å². The Kier molecular flexibility index (Phi) is 2.43. The molecule has 0 aromatic carbocycles. The Hall–Kier alpha value is -1.12. The highest BCUT2D eigenvalue weighted by molar-refractivity contribution is 5.43. The topological polar surface area (TPSA) is 37.8 Å². The second-order valence-corrected chi connectivity index (χ2v) is 3.40. The van der Waals surface area contributed by atoms with Crippen LogP contribution in [0.15, 0.2) is 6.20 Å². The maximum atomic E-state index is 4.47. The monoisotopic (exact) mass is 177 g/mol. The first kappa shape index (κ1) is 8.48. The van der Waals surface area contributed by atoms with Crippen LogP contribution in [0.2, 0.25) is 0 Å². The molecule has 0 amide bonds. The van der Waals surface area contributed by atoms with Crippen LogP contribution in [0.5, 0.6) is 0 Å². The van der Waals surface area contributed by atoms with Crippen LogP contribution in [0.3, 0.4) is 0 Å². The van der Waals surface area contributed by atoms with Gasteiger partial charge in [0, 0.05) is 24.7 Å². The summed E-state index contributed by atoms with van der Waals surface area (Å²) in [6.07, 6.45) is 6.48. The van der Waals surface area contributed by atoms with Gasteiger partial charge < -0.3 is 5.32 Å². The molecule has 1 aromatic rings. The van der Waals surface area contributed by atoms with Crippen LogP contribution in [-0.4, -0.2) is 16.5 Å². The highest BCUT2D eigenvalue weighted by Crippen LogP contribution is 2.17. The Morgan fingerprint density at radius 3 is 3.23 bits per heavy atom. The number of fused-ring (bicyclic) bond motifs is 1. The Labute approximate surface area is 78.6 Å². The maximum absolute atomic E-state index is 4.47. The number of hydrogen-bond donors (Lipinski definition) is 1. The molecule has 0 unspecified atom stereocenters. The lowest BCUT2D eigenvalue weighted by atomic mass is 10.1. The second-order valence-electron chi connectivity index (χ2n) is 3.40. The molecule has 0 aliphatic carbocycles. The molecule has 0 saturated heterocycles. The molecule has 2 heterocycles. The summed E-state index contributed by atoms with van der Waals surface area (Å²) in [6, 6.07) is 0. The van der Waals surface area contributed by atoms with E-state index >= 15 is 0 Å². The number of anilines is 1. The van der Waals surface area contributed by atoms with Crippen molar-refractivity contribution in [1.82, 2.24) is 9.97 Å². The number of nitrogens with one attached hydrogen (secondary N) is 1. The van der Waals surface area contributed by atoms with Crippen LogP contribution in [0.25, 0.3) is 0 Å². The fourth-order valence-electron chi connectivity index (χ4n) is 1.60. The fourth-order valence-corrected chi connectivity index (χ4v) is 1.60. The summed E-state index contributed by atoms with van der Waals surface area (Å²) < 4.78 is 0. The average molecular weight is 177 g/mol. The molecule has 1 aromatic heterocycles. The second kappa shape index (κ2) is 3.73. The highest BCUT2D eigenvalue weighted by atomic mass is 15.0. The lowest BCUT2D eigenvalue weighted by molar-refractivity contribution is 0.783. The summed E-state index contributed by atoms with van der Waals surface area (Å²) in [6.45, 7) is 3.13. The van der Waals surface area contributed by atoms with Crippen LogP contribution in [-0.2, 0) is 12.8 Å². The fraction of sp³-hybridized carbons (Fsp3) is 0.600. The van der Waals surface area contributed by atoms with Crippen molar-refractivity contribution in [2.45, 2.75) is 32.6 Å². The summed E-state index contributed by atoms with van der Waals surface area (Å²) >= 11 is 0. The molecule has 0 bridgehead atoms. The van der Waals surface area contributed by atoms with Crippen molar-refractivity contribution < 1.29 is 0 Å². The van der Waals surface area contributed by atoms with Gasteiger partial charge in [0.1, 0.15) is 11.6 Å². The summed E-state index contributed by atoms with van der Waals surface area (Å²) in [7, 11) is 0. The lowest BCUT2D eigenvalue weighted by Crippen LogP contribution is -2.05. The first-order chi connectivity index (χ1) is 6.40. The standard InChI is InChI=1S/C10H15N3/c1-2-9-12-7-8-5-3-4-6-11-10(8)13-9/h7H,2-6H2,1H3,(H,11,12,13). The summed E-state index contributed by atoms with van der Waals surface area (Å²) in [5.74, 6) is 2.00. The first-order valence-corrected chi connectivity index (χ1v) is 4.99. The van der Waals surface area contributed by atoms with E-state index in [0.29, 0.717) is 0 Å². The zero-order valence-corrected chi connectivity index (χ0v) is 8.01. The van der Waals surface area contributed by atoms with Gasteiger partial charge >= 0.3 is 0 Å². The van der Waals surface area contributed by atoms with Crippen molar-refractivity contribution in [3.05, 3.63) is 17.6 Å². The van der Waals surface area contributed by atoms with Crippen molar-refractivity contribution in [2.75, 3.05) is 11.9 Å². The molecule has 0 atom stereocenters. The van der Waals surface area contributed by atoms with Crippen molar-refractivity contribution in [2.24, 2.45) is 0 Å². The van der Waals surface area contributed by atoms with Crippen molar-refractivity contribution >= 4 is 5.82 Å². The van der Waals surface area contributed by atoms with E-state index in [-0.39, 0.29) is 0 Å². The molecule has 3 nitrogen and oxygen atoms in total. The minimum atomic E-state index is 0.912. The van der Waals surface area contributed by atoms with Gasteiger partial charge in [-0.05, 0) is 19.3 Å². The third-order valence-electron chi connectivity index (χ3n) is 2.40. The molecule has 0 radical (unpaired) electrons. The molecular weight excluding hydrogens is 162 g/mol. The van der Waals surface area contributed by atoms with E-state index in [1.54, 1.807) is 0 Å². The SMILES string of the molecule is CCc1ncc2c(n1)NCCCC2. The highest BCUT2D eigenvalue weighted by Gasteiger charge is 2.08. The maximum Gasteiger partial charge on any atom is 0.132 e. The Bertz CT molecular complexity index is 296. The Morgan fingerprint density at radius 1 is 1.46 bits per heavy atom. The molecular formula is C10H15N3.